The standard InChI is InChI=1S/C36H52O3/c1-23-15-20-36(31(38)39-25-11-9-8-10-12-25)22-21-34(6)26(30(36)24(23)2)13-14-28-33(5)18-17-29(37)32(3,4)27(33)16-19-35(28,34)7/h8-13,23-24,27-30,37H,14-22H2,1-7H3/t23-,24+,27?,28?,29+,30+,33+,34-,35-,36+/m1/s1. The first kappa shape index (κ1) is 27.6. The minimum absolute atomic E-state index is 0.00589. The van der Waals surface area contributed by atoms with E-state index in [1.54, 1.807) is 5.57 Å². The van der Waals surface area contributed by atoms with Crippen molar-refractivity contribution in [3.8, 4) is 5.75 Å². The second-order valence-electron chi connectivity index (χ2n) is 15.9. The van der Waals surface area contributed by atoms with E-state index in [0.717, 1.165) is 44.9 Å². The van der Waals surface area contributed by atoms with Crippen molar-refractivity contribution in [3.63, 3.8) is 0 Å². The normalized spacial score (nSPS) is 48.5. The van der Waals surface area contributed by atoms with E-state index in [0.29, 0.717) is 29.4 Å². The highest BCUT2D eigenvalue weighted by atomic mass is 16.5. The van der Waals surface area contributed by atoms with Gasteiger partial charge < -0.3 is 9.84 Å². The lowest BCUT2D eigenvalue weighted by molar-refractivity contribution is -0.206. The number of hydrogen-bond acceptors (Lipinski definition) is 3. The van der Waals surface area contributed by atoms with Gasteiger partial charge in [-0.2, -0.15) is 0 Å². The summed E-state index contributed by atoms with van der Waals surface area (Å²) < 4.78 is 6.17. The fourth-order valence-corrected chi connectivity index (χ4v) is 11.5. The van der Waals surface area contributed by atoms with E-state index in [9.17, 15) is 9.90 Å². The highest BCUT2D eigenvalue weighted by molar-refractivity contribution is 5.81. The number of ether oxygens (including phenoxy) is 1. The molecule has 0 heterocycles. The van der Waals surface area contributed by atoms with Gasteiger partial charge in [0.05, 0.1) is 11.5 Å². The minimum atomic E-state index is -0.422. The molecule has 1 aromatic carbocycles. The van der Waals surface area contributed by atoms with Gasteiger partial charge in [0.2, 0.25) is 0 Å². The van der Waals surface area contributed by atoms with Gasteiger partial charge in [-0.25, -0.2) is 0 Å². The fourth-order valence-electron chi connectivity index (χ4n) is 11.5. The number of carbonyl (C=O) groups excluding carboxylic acids is 1. The monoisotopic (exact) mass is 532 g/mol. The molecular weight excluding hydrogens is 480 g/mol. The molecule has 1 N–H and O–H groups in total. The zero-order chi connectivity index (χ0) is 28.0. The largest absolute Gasteiger partial charge is 0.426 e. The van der Waals surface area contributed by atoms with Crippen molar-refractivity contribution < 1.29 is 14.6 Å². The molecule has 4 fully saturated rings. The lowest BCUT2D eigenvalue weighted by Crippen LogP contribution is -2.65. The van der Waals surface area contributed by atoms with E-state index in [4.69, 9.17) is 4.74 Å². The second-order valence-corrected chi connectivity index (χ2v) is 15.9. The Morgan fingerprint density at radius 3 is 2.31 bits per heavy atom. The average molecular weight is 533 g/mol. The van der Waals surface area contributed by atoms with Crippen molar-refractivity contribution in [1.29, 1.82) is 0 Å². The quantitative estimate of drug-likeness (QED) is 0.236. The predicted molar refractivity (Wildman–Crippen MR) is 157 cm³/mol. The van der Waals surface area contributed by atoms with Gasteiger partial charge >= 0.3 is 5.97 Å². The van der Waals surface area contributed by atoms with E-state index in [1.807, 2.05) is 30.3 Å². The molecule has 0 aromatic heterocycles. The maximum Gasteiger partial charge on any atom is 0.318 e. The summed E-state index contributed by atoms with van der Waals surface area (Å²) in [7, 11) is 0. The number of aliphatic hydroxyl groups is 1. The van der Waals surface area contributed by atoms with Crippen molar-refractivity contribution in [2.24, 2.45) is 56.7 Å². The Hall–Kier alpha value is -1.61. The van der Waals surface area contributed by atoms with Crippen LogP contribution in [-0.4, -0.2) is 17.2 Å². The summed E-state index contributed by atoms with van der Waals surface area (Å²) in [6.07, 6.45) is 12.1. The lowest BCUT2D eigenvalue weighted by atomic mass is 9.33. The van der Waals surface area contributed by atoms with Crippen molar-refractivity contribution >= 4 is 5.97 Å². The van der Waals surface area contributed by atoms with Gasteiger partial charge in [0.15, 0.2) is 0 Å². The van der Waals surface area contributed by atoms with E-state index >= 15 is 0 Å². The van der Waals surface area contributed by atoms with Crippen LogP contribution >= 0.6 is 0 Å². The molecule has 0 amide bonds. The average Bonchev–Trinajstić information content (AvgIpc) is 2.89. The van der Waals surface area contributed by atoms with Crippen LogP contribution in [0.5, 0.6) is 5.75 Å². The Kier molecular flexibility index (Phi) is 6.32. The van der Waals surface area contributed by atoms with Gasteiger partial charge in [-0.05, 0) is 121 Å². The molecule has 3 heteroatoms. The predicted octanol–water partition coefficient (Wildman–Crippen LogP) is 8.61. The number of allylic oxidation sites excluding steroid dienone is 2. The number of hydrogen-bond donors (Lipinski definition) is 1. The third-order valence-corrected chi connectivity index (χ3v) is 14.3. The van der Waals surface area contributed by atoms with Crippen LogP contribution in [-0.2, 0) is 4.79 Å². The molecular formula is C36H52O3. The Morgan fingerprint density at radius 1 is 0.872 bits per heavy atom. The molecule has 0 saturated heterocycles. The van der Waals surface area contributed by atoms with Crippen LogP contribution in [0.4, 0.5) is 0 Å². The van der Waals surface area contributed by atoms with Crippen LogP contribution in [0, 0.1) is 56.7 Å². The first-order valence-corrected chi connectivity index (χ1v) is 16.0. The fraction of sp³-hybridized carbons (Fsp3) is 0.750. The van der Waals surface area contributed by atoms with E-state index < -0.39 is 5.41 Å². The van der Waals surface area contributed by atoms with Gasteiger partial charge in [0, 0.05) is 0 Å². The molecule has 4 saturated carbocycles. The number of rotatable bonds is 2. The molecule has 2 unspecified atom stereocenters. The smallest absolute Gasteiger partial charge is 0.318 e. The van der Waals surface area contributed by atoms with Crippen LogP contribution < -0.4 is 4.74 Å². The van der Waals surface area contributed by atoms with Crippen LogP contribution in [0.1, 0.15) is 106 Å². The Morgan fingerprint density at radius 2 is 1.59 bits per heavy atom. The van der Waals surface area contributed by atoms with Crippen molar-refractivity contribution in [3.05, 3.63) is 42.0 Å². The van der Waals surface area contributed by atoms with Crippen LogP contribution in [0.15, 0.2) is 42.0 Å². The summed E-state index contributed by atoms with van der Waals surface area (Å²) in [5.74, 6) is 3.18. The van der Waals surface area contributed by atoms with Gasteiger partial charge in [-0.15, -0.1) is 0 Å². The van der Waals surface area contributed by atoms with Gasteiger partial charge in [0.25, 0.3) is 0 Å². The third-order valence-electron chi connectivity index (χ3n) is 14.3. The maximum absolute atomic E-state index is 14.2. The second kappa shape index (κ2) is 8.94. The molecule has 0 bridgehead atoms. The van der Waals surface area contributed by atoms with E-state index in [2.05, 4.69) is 54.5 Å². The molecule has 5 aliphatic rings. The van der Waals surface area contributed by atoms with Crippen LogP contribution in [0.3, 0.4) is 0 Å². The number of esters is 1. The van der Waals surface area contributed by atoms with Crippen molar-refractivity contribution in [2.45, 2.75) is 112 Å². The zero-order valence-electron chi connectivity index (χ0n) is 25.6. The summed E-state index contributed by atoms with van der Waals surface area (Å²) in [5.41, 5.74) is 1.68. The first-order chi connectivity index (χ1) is 18.3. The molecule has 214 valence electrons. The topological polar surface area (TPSA) is 46.5 Å². The first-order valence-electron chi connectivity index (χ1n) is 16.0. The molecule has 6 rings (SSSR count). The summed E-state index contributed by atoms with van der Waals surface area (Å²) in [6.45, 7) is 17.2. The lowest BCUT2D eigenvalue weighted by Gasteiger charge is -2.71. The summed E-state index contributed by atoms with van der Waals surface area (Å²) in [6, 6.07) is 9.71. The minimum Gasteiger partial charge on any atom is -0.426 e. The highest BCUT2D eigenvalue weighted by Gasteiger charge is 2.69. The molecule has 1 aromatic rings. The highest BCUT2D eigenvalue weighted by Crippen LogP contribution is 2.75. The maximum atomic E-state index is 14.2. The summed E-state index contributed by atoms with van der Waals surface area (Å²) in [5, 5.41) is 11.0. The molecule has 5 aliphatic carbocycles. The Balaban J connectivity index is 1.41. The van der Waals surface area contributed by atoms with Crippen LogP contribution in [0.2, 0.25) is 0 Å². The molecule has 0 radical (unpaired) electrons. The number of benzene rings is 1. The molecule has 39 heavy (non-hydrogen) atoms. The van der Waals surface area contributed by atoms with Crippen molar-refractivity contribution in [2.75, 3.05) is 0 Å². The number of carbonyl (C=O) groups is 1. The van der Waals surface area contributed by atoms with Gasteiger partial charge in [0.1, 0.15) is 5.75 Å². The van der Waals surface area contributed by atoms with Crippen LogP contribution in [0.25, 0.3) is 0 Å². The van der Waals surface area contributed by atoms with Gasteiger partial charge in [-0.1, -0.05) is 78.3 Å². The number of para-hydroxylation sites is 1. The van der Waals surface area contributed by atoms with E-state index in [1.165, 1.54) is 12.8 Å². The Labute approximate surface area is 237 Å². The van der Waals surface area contributed by atoms with E-state index in [-0.39, 0.29) is 39.7 Å². The summed E-state index contributed by atoms with van der Waals surface area (Å²) in [4.78, 5) is 14.2. The summed E-state index contributed by atoms with van der Waals surface area (Å²) >= 11 is 0. The van der Waals surface area contributed by atoms with Crippen molar-refractivity contribution in [1.82, 2.24) is 0 Å². The molecule has 10 atom stereocenters. The SMILES string of the molecule is C[C@H]1[C@H](C)CC[C@]2(C(=O)Oc3ccccc3)CC[C@]3(C)C(=CCC4[C@@]5(C)CC[C@H](O)C(C)(C)C5CC[C@]43C)[C@H]12. The number of fused-ring (bicyclic) bond motifs is 7. The molecule has 0 aliphatic heterocycles. The molecule has 3 nitrogen and oxygen atoms in total. The third kappa shape index (κ3) is 3.60. The van der Waals surface area contributed by atoms with Gasteiger partial charge in [-0.3, -0.25) is 4.79 Å². The zero-order valence-corrected chi connectivity index (χ0v) is 25.6. The number of aliphatic hydroxyl groups excluding tert-OH is 1. The Bertz CT molecular complexity index is 1150. The molecule has 0 spiro atoms.